The third-order valence-corrected chi connectivity index (χ3v) is 1.53. The van der Waals surface area contributed by atoms with Crippen molar-refractivity contribution in [2.75, 3.05) is 0 Å². The van der Waals surface area contributed by atoms with Gasteiger partial charge in [0.1, 0.15) is 5.15 Å². The molecule has 0 fully saturated rings. The molecule has 0 aromatic carbocycles. The Kier molecular flexibility index (Phi) is 5.13. The number of aromatic carboxylic acids is 1. The third kappa shape index (κ3) is 2.92. The zero-order valence-electron chi connectivity index (χ0n) is 5.21. The van der Waals surface area contributed by atoms with E-state index < -0.39 is 5.97 Å². The van der Waals surface area contributed by atoms with Gasteiger partial charge in [-0.3, -0.25) is 0 Å². The van der Waals surface area contributed by atoms with Crippen molar-refractivity contribution in [2.45, 2.75) is 0 Å². The van der Waals surface area contributed by atoms with Gasteiger partial charge in [-0.1, -0.05) is 23.2 Å². The average Bonchev–Trinajstić information content (AvgIpc) is 1.94. The van der Waals surface area contributed by atoms with Crippen molar-refractivity contribution >= 4 is 58.7 Å². The van der Waals surface area contributed by atoms with E-state index in [1.807, 2.05) is 0 Å². The molecule has 1 rings (SSSR count). The number of halogens is 2. The van der Waals surface area contributed by atoms with Gasteiger partial charge in [0.25, 0.3) is 0 Å². The van der Waals surface area contributed by atoms with E-state index in [2.05, 4.69) is 4.98 Å². The summed E-state index contributed by atoms with van der Waals surface area (Å²) in [6.07, 6.45) is 0. The predicted octanol–water partition coefficient (Wildman–Crippen LogP) is 1.44. The maximum absolute atomic E-state index is 10.4. The molecule has 0 unspecified atom stereocenters. The molecule has 0 aliphatic heterocycles. The Hall–Kier alpha value is 0.200. The summed E-state index contributed by atoms with van der Waals surface area (Å²) in [5.41, 5.74) is -0.223. The number of rotatable bonds is 1. The molecule has 1 aromatic heterocycles. The predicted molar refractivity (Wildman–Crippen MR) is 48.4 cm³/mol. The first-order valence-corrected chi connectivity index (χ1v) is 3.42. The van der Waals surface area contributed by atoms with Crippen LogP contribution in [0, 0.1) is 0 Å². The zero-order chi connectivity index (χ0) is 8.43. The Morgan fingerprint density at radius 2 is 2.00 bits per heavy atom. The Morgan fingerprint density at radius 3 is 2.42 bits per heavy atom. The summed E-state index contributed by atoms with van der Waals surface area (Å²) >= 11 is 10.9. The summed E-state index contributed by atoms with van der Waals surface area (Å²) in [7, 11) is 0. The summed E-state index contributed by atoms with van der Waals surface area (Å²) in [6, 6.07) is 2.82. The summed E-state index contributed by atoms with van der Waals surface area (Å²) in [5, 5.41) is 8.69. The molecule has 1 heterocycles. The number of nitrogens with zero attached hydrogens (tertiary/aromatic N) is 1. The first-order chi connectivity index (χ1) is 5.11. The molecule has 12 heavy (non-hydrogen) atoms. The number of pyridine rings is 1. The molecular formula is C6H4Cl2NNaO2. The zero-order valence-corrected chi connectivity index (χ0v) is 6.73. The van der Waals surface area contributed by atoms with Crippen LogP contribution in [0.3, 0.4) is 0 Å². The van der Waals surface area contributed by atoms with Crippen LogP contribution in [0.2, 0.25) is 10.2 Å². The summed E-state index contributed by atoms with van der Waals surface area (Å²) in [6.45, 7) is 0. The molecule has 1 aromatic rings. The number of aromatic nitrogens is 1. The molecule has 3 nitrogen and oxygen atoms in total. The van der Waals surface area contributed by atoms with Crippen molar-refractivity contribution in [3.63, 3.8) is 0 Å². The standard InChI is InChI=1S/C6H3Cl2NO2.Na.H/c7-3-1-2-4(8)9-5(3)6(10)11;;/h1-2H,(H,10,11);;. The Bertz CT molecular complexity index is 306. The summed E-state index contributed by atoms with van der Waals surface area (Å²) < 4.78 is 0. The number of hydrogen-bond donors (Lipinski definition) is 1. The fraction of sp³-hybridized carbons (Fsp3) is 0. The van der Waals surface area contributed by atoms with E-state index >= 15 is 0 Å². The molecule has 6 heteroatoms. The van der Waals surface area contributed by atoms with Crippen molar-refractivity contribution in [3.8, 4) is 0 Å². The number of carboxylic acids is 1. The van der Waals surface area contributed by atoms with Gasteiger partial charge in [0, 0.05) is 0 Å². The summed E-state index contributed by atoms with van der Waals surface area (Å²) in [5.74, 6) is -1.18. The van der Waals surface area contributed by atoms with Crippen LogP contribution in [-0.4, -0.2) is 45.6 Å². The van der Waals surface area contributed by atoms with Crippen LogP contribution in [0.1, 0.15) is 10.5 Å². The second-order valence-electron chi connectivity index (χ2n) is 1.77. The fourth-order valence-electron chi connectivity index (χ4n) is 0.568. The van der Waals surface area contributed by atoms with Gasteiger partial charge in [0.05, 0.1) is 5.02 Å². The van der Waals surface area contributed by atoms with Gasteiger partial charge in [-0.25, -0.2) is 9.78 Å². The van der Waals surface area contributed by atoms with Gasteiger partial charge in [-0.15, -0.1) is 0 Å². The van der Waals surface area contributed by atoms with Crippen LogP contribution in [0.5, 0.6) is 0 Å². The Balaban J connectivity index is 0.00000121. The second-order valence-corrected chi connectivity index (χ2v) is 2.56. The molecule has 0 spiro atoms. The third-order valence-electron chi connectivity index (χ3n) is 1.01. The molecule has 0 aliphatic rings. The quantitative estimate of drug-likeness (QED) is 0.570. The summed E-state index contributed by atoms with van der Waals surface area (Å²) in [4.78, 5) is 13.9. The minimum atomic E-state index is -1.18. The maximum atomic E-state index is 10.4. The molecule has 0 radical (unpaired) electrons. The van der Waals surface area contributed by atoms with Gasteiger partial charge in [0.2, 0.25) is 0 Å². The van der Waals surface area contributed by atoms with Crippen LogP contribution in [0.15, 0.2) is 12.1 Å². The normalized spacial score (nSPS) is 8.83. The molecule has 0 saturated heterocycles. The van der Waals surface area contributed by atoms with Crippen LogP contribution >= 0.6 is 23.2 Å². The van der Waals surface area contributed by atoms with E-state index in [0.717, 1.165) is 0 Å². The molecule has 0 aliphatic carbocycles. The van der Waals surface area contributed by atoms with E-state index in [-0.39, 0.29) is 45.4 Å². The van der Waals surface area contributed by atoms with Gasteiger partial charge in [-0.05, 0) is 12.1 Å². The van der Waals surface area contributed by atoms with Crippen LogP contribution in [0.25, 0.3) is 0 Å². The number of carboxylic acid groups (broad SMARTS) is 1. The number of hydrogen-bond acceptors (Lipinski definition) is 2. The van der Waals surface area contributed by atoms with Crippen LogP contribution in [0.4, 0.5) is 0 Å². The van der Waals surface area contributed by atoms with E-state index in [1.165, 1.54) is 12.1 Å². The minimum absolute atomic E-state index is 0. The fourth-order valence-corrected chi connectivity index (χ4v) is 0.902. The van der Waals surface area contributed by atoms with Crippen molar-refractivity contribution in [1.82, 2.24) is 4.98 Å². The average molecular weight is 216 g/mol. The Morgan fingerprint density at radius 1 is 1.42 bits per heavy atom. The van der Waals surface area contributed by atoms with Crippen LogP contribution in [-0.2, 0) is 0 Å². The molecule has 1 N–H and O–H groups in total. The first kappa shape index (κ1) is 12.2. The molecule has 0 bridgehead atoms. The Labute approximate surface area is 101 Å². The number of carbonyl (C=O) groups is 1. The van der Waals surface area contributed by atoms with Gasteiger partial charge in [-0.2, -0.15) is 0 Å². The SMILES string of the molecule is O=C(O)c1nc(Cl)ccc1Cl.[NaH]. The van der Waals surface area contributed by atoms with E-state index in [4.69, 9.17) is 28.3 Å². The van der Waals surface area contributed by atoms with E-state index in [1.54, 1.807) is 0 Å². The van der Waals surface area contributed by atoms with Crippen molar-refractivity contribution in [2.24, 2.45) is 0 Å². The topological polar surface area (TPSA) is 50.2 Å². The molecule has 0 atom stereocenters. The molecular weight excluding hydrogens is 212 g/mol. The van der Waals surface area contributed by atoms with Gasteiger partial charge in [0.15, 0.2) is 5.69 Å². The van der Waals surface area contributed by atoms with Crippen molar-refractivity contribution in [1.29, 1.82) is 0 Å². The van der Waals surface area contributed by atoms with Crippen molar-refractivity contribution in [3.05, 3.63) is 28.0 Å². The van der Waals surface area contributed by atoms with Gasteiger partial charge < -0.3 is 5.11 Å². The second kappa shape index (κ2) is 5.04. The molecule has 0 amide bonds. The van der Waals surface area contributed by atoms with Gasteiger partial charge >= 0.3 is 35.5 Å². The van der Waals surface area contributed by atoms with Crippen LogP contribution < -0.4 is 0 Å². The van der Waals surface area contributed by atoms with Crippen molar-refractivity contribution < 1.29 is 9.90 Å². The van der Waals surface area contributed by atoms with E-state index in [9.17, 15) is 4.79 Å². The molecule has 60 valence electrons. The van der Waals surface area contributed by atoms with E-state index in [0.29, 0.717) is 0 Å². The first-order valence-electron chi connectivity index (χ1n) is 2.66. The monoisotopic (exact) mass is 215 g/mol. The molecule has 0 saturated carbocycles.